The normalized spacial score (nSPS) is 11.8. The van der Waals surface area contributed by atoms with Gasteiger partial charge in [0.2, 0.25) is 0 Å². The van der Waals surface area contributed by atoms with Crippen molar-refractivity contribution in [3.63, 3.8) is 0 Å². The van der Waals surface area contributed by atoms with Crippen molar-refractivity contribution < 1.29 is 15.0 Å². The van der Waals surface area contributed by atoms with Gasteiger partial charge in [0.25, 0.3) is 0 Å². The lowest BCUT2D eigenvalue weighted by atomic mass is 9.94. The second kappa shape index (κ2) is 5.17. The number of hydrogen-bond donors (Lipinski definition) is 2. The minimum Gasteiger partial charge on any atom is -0.508 e. The van der Waals surface area contributed by atoms with Gasteiger partial charge in [0.05, 0.1) is 17.6 Å². The highest BCUT2D eigenvalue weighted by atomic mass is 16.4. The van der Waals surface area contributed by atoms with Crippen LogP contribution in [0.2, 0.25) is 0 Å². The lowest BCUT2D eigenvalue weighted by Crippen LogP contribution is -2.15. The highest BCUT2D eigenvalue weighted by molar-refractivity contribution is 5.70. The molecule has 0 bridgehead atoms. The van der Waals surface area contributed by atoms with Gasteiger partial charge in [-0.25, -0.2) is 0 Å². The van der Waals surface area contributed by atoms with Crippen LogP contribution in [0, 0.1) is 17.2 Å². The molecule has 84 valence electrons. The Morgan fingerprint density at radius 2 is 2.25 bits per heavy atom. The third kappa shape index (κ3) is 2.74. The van der Waals surface area contributed by atoms with E-state index in [9.17, 15) is 9.90 Å². The second-order valence-electron chi connectivity index (χ2n) is 3.60. The Kier molecular flexibility index (Phi) is 3.90. The quantitative estimate of drug-likeness (QED) is 0.810. The predicted octanol–water partition coefficient (Wildman–Crippen LogP) is 1.92. The first-order valence-corrected chi connectivity index (χ1v) is 5.03. The molecule has 0 saturated heterocycles. The van der Waals surface area contributed by atoms with Gasteiger partial charge in [0.15, 0.2) is 0 Å². The summed E-state index contributed by atoms with van der Waals surface area (Å²) in [5.41, 5.74) is 0.995. The third-order valence-electron chi connectivity index (χ3n) is 2.52. The first kappa shape index (κ1) is 12.1. The van der Waals surface area contributed by atoms with Crippen molar-refractivity contribution in [1.82, 2.24) is 0 Å². The Morgan fingerprint density at radius 3 is 2.75 bits per heavy atom. The van der Waals surface area contributed by atoms with Gasteiger partial charge in [-0.2, -0.15) is 5.26 Å². The number of rotatable bonds is 4. The van der Waals surface area contributed by atoms with E-state index in [1.807, 2.05) is 6.07 Å². The maximum Gasteiger partial charge on any atom is 0.306 e. The van der Waals surface area contributed by atoms with Gasteiger partial charge in [0, 0.05) is 0 Å². The van der Waals surface area contributed by atoms with Crippen molar-refractivity contribution >= 4 is 5.97 Å². The fraction of sp³-hybridized carbons (Fsp3) is 0.333. The summed E-state index contributed by atoms with van der Waals surface area (Å²) < 4.78 is 0. The van der Waals surface area contributed by atoms with Crippen molar-refractivity contribution in [2.45, 2.75) is 19.8 Å². The highest BCUT2D eigenvalue weighted by Crippen LogP contribution is 2.20. The standard InChI is InChI=1S/C12H13NO3/c1-2-8(12(15)16)5-9-3-4-11(14)6-10(9)7-13/h3-4,6,8,14H,2,5H2,1H3,(H,15,16). The minimum atomic E-state index is -0.862. The number of phenolic OH excluding ortho intramolecular Hbond substituents is 1. The fourth-order valence-electron chi connectivity index (χ4n) is 1.52. The molecule has 1 atom stereocenters. The zero-order valence-electron chi connectivity index (χ0n) is 8.97. The molecular weight excluding hydrogens is 206 g/mol. The first-order valence-electron chi connectivity index (χ1n) is 5.03. The van der Waals surface area contributed by atoms with Crippen LogP contribution in [0.15, 0.2) is 18.2 Å². The van der Waals surface area contributed by atoms with Crippen LogP contribution >= 0.6 is 0 Å². The molecule has 0 fully saturated rings. The SMILES string of the molecule is CCC(Cc1ccc(O)cc1C#N)C(=O)O. The van der Waals surface area contributed by atoms with E-state index in [1.165, 1.54) is 12.1 Å². The molecule has 0 saturated carbocycles. The number of phenols is 1. The molecule has 4 heteroatoms. The zero-order valence-corrected chi connectivity index (χ0v) is 8.97. The fourth-order valence-corrected chi connectivity index (χ4v) is 1.52. The second-order valence-corrected chi connectivity index (χ2v) is 3.60. The van der Waals surface area contributed by atoms with Crippen LogP contribution in [0.25, 0.3) is 0 Å². The number of carboxylic acids is 1. The van der Waals surface area contributed by atoms with Crippen molar-refractivity contribution in [3.05, 3.63) is 29.3 Å². The molecule has 1 rings (SSSR count). The summed E-state index contributed by atoms with van der Waals surface area (Å²) >= 11 is 0. The Hall–Kier alpha value is -2.02. The maximum atomic E-state index is 10.9. The number of nitriles is 1. The Balaban J connectivity index is 2.97. The number of carboxylic acid groups (broad SMARTS) is 1. The molecule has 1 aromatic carbocycles. The van der Waals surface area contributed by atoms with E-state index in [2.05, 4.69) is 0 Å². The lowest BCUT2D eigenvalue weighted by molar-refractivity contribution is -0.141. The molecule has 1 unspecified atom stereocenters. The van der Waals surface area contributed by atoms with Crippen LogP contribution < -0.4 is 0 Å². The Morgan fingerprint density at radius 1 is 1.56 bits per heavy atom. The van der Waals surface area contributed by atoms with Gasteiger partial charge in [-0.3, -0.25) is 4.79 Å². The van der Waals surface area contributed by atoms with E-state index in [4.69, 9.17) is 10.4 Å². The number of aromatic hydroxyl groups is 1. The third-order valence-corrected chi connectivity index (χ3v) is 2.52. The molecule has 0 amide bonds. The molecule has 2 N–H and O–H groups in total. The van der Waals surface area contributed by atoms with Crippen molar-refractivity contribution in [3.8, 4) is 11.8 Å². The average molecular weight is 219 g/mol. The summed E-state index contributed by atoms with van der Waals surface area (Å²) in [6, 6.07) is 6.36. The van der Waals surface area contributed by atoms with Crippen molar-refractivity contribution in [2.75, 3.05) is 0 Å². The summed E-state index contributed by atoms with van der Waals surface area (Å²) in [7, 11) is 0. The summed E-state index contributed by atoms with van der Waals surface area (Å²) in [4.78, 5) is 10.9. The number of aliphatic carboxylic acids is 1. The van der Waals surface area contributed by atoms with Crippen LogP contribution in [0.5, 0.6) is 5.75 Å². The molecule has 1 aromatic rings. The summed E-state index contributed by atoms with van der Waals surface area (Å²) in [5, 5.41) is 27.0. The summed E-state index contributed by atoms with van der Waals surface area (Å²) in [6.07, 6.45) is 0.829. The van der Waals surface area contributed by atoms with E-state index in [0.29, 0.717) is 24.0 Å². The molecule has 4 nitrogen and oxygen atoms in total. The molecule has 0 radical (unpaired) electrons. The molecular formula is C12H13NO3. The predicted molar refractivity (Wildman–Crippen MR) is 57.9 cm³/mol. The van der Waals surface area contributed by atoms with Gasteiger partial charge >= 0.3 is 5.97 Å². The van der Waals surface area contributed by atoms with Crippen molar-refractivity contribution in [2.24, 2.45) is 5.92 Å². The topological polar surface area (TPSA) is 81.3 Å². The lowest BCUT2D eigenvalue weighted by Gasteiger charge is -2.10. The molecule has 0 heterocycles. The largest absolute Gasteiger partial charge is 0.508 e. The van der Waals surface area contributed by atoms with E-state index < -0.39 is 11.9 Å². The van der Waals surface area contributed by atoms with Gasteiger partial charge in [0.1, 0.15) is 5.75 Å². The number of hydrogen-bond acceptors (Lipinski definition) is 3. The van der Waals surface area contributed by atoms with E-state index in [0.717, 1.165) is 0 Å². The minimum absolute atomic E-state index is 0.0173. The smallest absolute Gasteiger partial charge is 0.306 e. The number of benzene rings is 1. The van der Waals surface area contributed by atoms with Gasteiger partial charge in [-0.05, 0) is 30.5 Å². The average Bonchev–Trinajstić information content (AvgIpc) is 2.26. The number of carbonyl (C=O) groups is 1. The van der Waals surface area contributed by atoms with Gasteiger partial charge in [-0.15, -0.1) is 0 Å². The van der Waals surface area contributed by atoms with E-state index in [1.54, 1.807) is 13.0 Å². The first-order chi connectivity index (χ1) is 7.58. The van der Waals surface area contributed by atoms with Crippen LogP contribution in [0.1, 0.15) is 24.5 Å². The van der Waals surface area contributed by atoms with Gasteiger partial charge in [-0.1, -0.05) is 13.0 Å². The highest BCUT2D eigenvalue weighted by Gasteiger charge is 2.17. The van der Waals surface area contributed by atoms with E-state index >= 15 is 0 Å². The summed E-state index contributed by atoms with van der Waals surface area (Å²) in [5.74, 6) is -1.33. The maximum absolute atomic E-state index is 10.9. The zero-order chi connectivity index (χ0) is 12.1. The van der Waals surface area contributed by atoms with E-state index in [-0.39, 0.29) is 5.75 Å². The molecule has 16 heavy (non-hydrogen) atoms. The molecule has 0 aliphatic heterocycles. The van der Waals surface area contributed by atoms with Crippen LogP contribution in [-0.4, -0.2) is 16.2 Å². The summed E-state index contributed by atoms with van der Waals surface area (Å²) in [6.45, 7) is 1.80. The van der Waals surface area contributed by atoms with Crippen LogP contribution in [-0.2, 0) is 11.2 Å². The Labute approximate surface area is 93.8 Å². The molecule has 0 aromatic heterocycles. The van der Waals surface area contributed by atoms with Crippen LogP contribution in [0.3, 0.4) is 0 Å². The Bertz CT molecular complexity index is 434. The molecule has 0 aliphatic carbocycles. The van der Waals surface area contributed by atoms with Crippen molar-refractivity contribution in [1.29, 1.82) is 5.26 Å². The molecule has 0 spiro atoms. The molecule has 0 aliphatic rings. The van der Waals surface area contributed by atoms with Crippen LogP contribution in [0.4, 0.5) is 0 Å². The van der Waals surface area contributed by atoms with Gasteiger partial charge < -0.3 is 10.2 Å². The monoisotopic (exact) mass is 219 g/mol. The number of nitrogens with zero attached hydrogens (tertiary/aromatic N) is 1.